The molecule has 0 aliphatic rings. The number of benzene rings is 1. The Balaban J connectivity index is 1.67. The molecule has 168 valence electrons. The van der Waals surface area contributed by atoms with Crippen molar-refractivity contribution in [3.05, 3.63) is 63.3 Å². The molecule has 3 heterocycles. The summed E-state index contributed by atoms with van der Waals surface area (Å²) >= 11 is 5.00. The molecule has 0 fully saturated rings. The Morgan fingerprint density at radius 3 is 2.53 bits per heavy atom. The van der Waals surface area contributed by atoms with Crippen LogP contribution in [0.4, 0.5) is 5.82 Å². The summed E-state index contributed by atoms with van der Waals surface area (Å²) in [6, 6.07) is 14.5. The molecule has 4 rings (SSSR count). The molecule has 0 aliphatic carbocycles. The summed E-state index contributed by atoms with van der Waals surface area (Å²) in [6.07, 6.45) is 0.867. The molecule has 0 saturated carbocycles. The minimum atomic E-state index is -0.0552. The standard InChI is InChI=1S/C24H28N4OS3/c1-15(2)12-18(13-29)25-21-20-22(26-23(32-20)16(3)19-10-7-11-30-19)28-24(27-21)31-14-17-8-5-4-6-9-17/h4-11,15-16,18,29H,12-14H2,1-3H3,(H,25,27,28)/t16?,18-/m1/s1. The molecule has 0 amide bonds. The Bertz CT molecular complexity index is 1130. The van der Waals surface area contributed by atoms with Gasteiger partial charge >= 0.3 is 0 Å². The third-order valence-corrected chi connectivity index (χ3v) is 8.33. The van der Waals surface area contributed by atoms with Crippen molar-refractivity contribution in [2.24, 2.45) is 5.92 Å². The van der Waals surface area contributed by atoms with Gasteiger partial charge in [0, 0.05) is 16.5 Å². The van der Waals surface area contributed by atoms with Crippen molar-refractivity contribution in [1.82, 2.24) is 15.0 Å². The van der Waals surface area contributed by atoms with Crippen LogP contribution in [0, 0.1) is 5.92 Å². The summed E-state index contributed by atoms with van der Waals surface area (Å²) in [4.78, 5) is 15.8. The number of nitrogens with zero attached hydrogens (tertiary/aromatic N) is 3. The van der Waals surface area contributed by atoms with Gasteiger partial charge < -0.3 is 10.4 Å². The SMILES string of the molecule is CC(C)C[C@H](CO)Nc1nc(SCc2ccccc2)nc2nc(C(C)c3cccs3)sc12. The number of anilines is 1. The van der Waals surface area contributed by atoms with Gasteiger partial charge in [-0.25, -0.2) is 15.0 Å². The Morgan fingerprint density at radius 2 is 1.84 bits per heavy atom. The summed E-state index contributed by atoms with van der Waals surface area (Å²) in [5.41, 5.74) is 1.96. The highest BCUT2D eigenvalue weighted by atomic mass is 32.2. The first-order valence-electron chi connectivity index (χ1n) is 10.8. The second-order valence-electron chi connectivity index (χ2n) is 8.22. The molecule has 3 aromatic heterocycles. The van der Waals surface area contributed by atoms with E-state index in [-0.39, 0.29) is 18.6 Å². The maximum absolute atomic E-state index is 9.93. The van der Waals surface area contributed by atoms with Crippen LogP contribution in [0.3, 0.4) is 0 Å². The number of aromatic nitrogens is 3. The smallest absolute Gasteiger partial charge is 0.191 e. The van der Waals surface area contributed by atoms with E-state index in [1.165, 1.54) is 10.4 Å². The number of nitrogens with one attached hydrogen (secondary N) is 1. The van der Waals surface area contributed by atoms with Gasteiger partial charge in [0.25, 0.3) is 0 Å². The van der Waals surface area contributed by atoms with Crippen LogP contribution in [-0.4, -0.2) is 32.7 Å². The Kier molecular flexibility index (Phi) is 7.78. The lowest BCUT2D eigenvalue weighted by molar-refractivity contribution is 0.259. The molecule has 4 aromatic rings. The maximum atomic E-state index is 9.93. The van der Waals surface area contributed by atoms with E-state index in [1.54, 1.807) is 34.4 Å². The molecule has 32 heavy (non-hydrogen) atoms. The predicted octanol–water partition coefficient (Wildman–Crippen LogP) is 6.41. The Labute approximate surface area is 201 Å². The molecule has 0 saturated heterocycles. The fraction of sp³-hybridized carbons (Fsp3) is 0.375. The van der Waals surface area contributed by atoms with Crippen molar-refractivity contribution in [2.75, 3.05) is 11.9 Å². The number of thiophene rings is 1. The molecule has 8 heteroatoms. The fourth-order valence-electron chi connectivity index (χ4n) is 3.49. The lowest BCUT2D eigenvalue weighted by atomic mass is 10.0. The lowest BCUT2D eigenvalue weighted by Gasteiger charge is -2.19. The summed E-state index contributed by atoms with van der Waals surface area (Å²) in [5, 5.41) is 17.2. The number of fused-ring (bicyclic) bond motifs is 1. The van der Waals surface area contributed by atoms with Crippen LogP contribution in [0.1, 0.15) is 48.6 Å². The third-order valence-electron chi connectivity index (χ3n) is 5.12. The first kappa shape index (κ1) is 23.2. The third kappa shape index (κ3) is 5.67. The summed E-state index contributed by atoms with van der Waals surface area (Å²) in [6.45, 7) is 6.57. The average molecular weight is 485 g/mol. The molecule has 0 aliphatic heterocycles. The minimum Gasteiger partial charge on any atom is -0.394 e. The zero-order valence-corrected chi connectivity index (χ0v) is 20.9. The van der Waals surface area contributed by atoms with Crippen LogP contribution in [-0.2, 0) is 5.75 Å². The van der Waals surface area contributed by atoms with E-state index in [0.717, 1.165) is 33.3 Å². The summed E-state index contributed by atoms with van der Waals surface area (Å²) in [7, 11) is 0. The lowest BCUT2D eigenvalue weighted by Crippen LogP contribution is -2.26. The van der Waals surface area contributed by atoms with Gasteiger partial charge in [0.15, 0.2) is 16.6 Å². The first-order valence-corrected chi connectivity index (χ1v) is 13.5. The number of aliphatic hydroxyl groups excluding tert-OH is 1. The van der Waals surface area contributed by atoms with Gasteiger partial charge in [0.2, 0.25) is 0 Å². The second-order valence-corrected chi connectivity index (χ2v) is 11.2. The van der Waals surface area contributed by atoms with E-state index < -0.39 is 0 Å². The normalized spacial score (nSPS) is 13.5. The van der Waals surface area contributed by atoms with Gasteiger partial charge in [-0.05, 0) is 29.3 Å². The van der Waals surface area contributed by atoms with Crippen molar-refractivity contribution in [1.29, 1.82) is 0 Å². The second kappa shape index (κ2) is 10.7. The zero-order valence-electron chi connectivity index (χ0n) is 18.5. The number of thioether (sulfide) groups is 1. The van der Waals surface area contributed by atoms with Gasteiger partial charge in [-0.2, -0.15) is 0 Å². The van der Waals surface area contributed by atoms with Crippen molar-refractivity contribution in [3.8, 4) is 0 Å². The van der Waals surface area contributed by atoms with Gasteiger partial charge in [-0.1, -0.05) is 68.9 Å². The molecule has 2 N–H and O–H groups in total. The Hall–Kier alpha value is -2.00. The quantitative estimate of drug-likeness (QED) is 0.200. The highest BCUT2D eigenvalue weighted by Crippen LogP contribution is 2.37. The molecule has 1 unspecified atom stereocenters. The summed E-state index contributed by atoms with van der Waals surface area (Å²) in [5.74, 6) is 2.25. The summed E-state index contributed by atoms with van der Waals surface area (Å²) < 4.78 is 0.953. The number of hydrogen-bond donors (Lipinski definition) is 2. The van der Waals surface area contributed by atoms with Crippen LogP contribution in [0.2, 0.25) is 0 Å². The number of aliphatic hydroxyl groups is 1. The van der Waals surface area contributed by atoms with E-state index in [0.29, 0.717) is 11.1 Å². The monoisotopic (exact) mass is 484 g/mol. The van der Waals surface area contributed by atoms with Crippen LogP contribution < -0.4 is 5.32 Å². The van der Waals surface area contributed by atoms with E-state index in [9.17, 15) is 5.11 Å². The largest absolute Gasteiger partial charge is 0.394 e. The molecule has 0 bridgehead atoms. The number of hydrogen-bond acceptors (Lipinski definition) is 8. The average Bonchev–Trinajstić information content (AvgIpc) is 3.47. The van der Waals surface area contributed by atoms with E-state index in [1.807, 2.05) is 18.2 Å². The molecule has 0 radical (unpaired) electrons. The number of rotatable bonds is 10. The first-order chi connectivity index (χ1) is 15.5. The Morgan fingerprint density at radius 1 is 1.03 bits per heavy atom. The molecular formula is C24H28N4OS3. The minimum absolute atomic E-state index is 0.0552. The highest BCUT2D eigenvalue weighted by Gasteiger charge is 2.21. The highest BCUT2D eigenvalue weighted by molar-refractivity contribution is 7.98. The van der Waals surface area contributed by atoms with E-state index >= 15 is 0 Å². The maximum Gasteiger partial charge on any atom is 0.191 e. The molecule has 0 spiro atoms. The van der Waals surface area contributed by atoms with Crippen LogP contribution in [0.15, 0.2) is 53.0 Å². The molecule has 5 nitrogen and oxygen atoms in total. The fourth-order valence-corrected chi connectivity index (χ4v) is 6.18. The van der Waals surface area contributed by atoms with Crippen LogP contribution >= 0.6 is 34.4 Å². The van der Waals surface area contributed by atoms with Gasteiger partial charge in [-0.3, -0.25) is 0 Å². The van der Waals surface area contributed by atoms with E-state index in [4.69, 9.17) is 15.0 Å². The van der Waals surface area contributed by atoms with Crippen molar-refractivity contribution in [2.45, 2.75) is 50.1 Å². The van der Waals surface area contributed by atoms with Crippen molar-refractivity contribution in [3.63, 3.8) is 0 Å². The molecule has 2 atom stereocenters. The van der Waals surface area contributed by atoms with Crippen molar-refractivity contribution < 1.29 is 5.11 Å². The zero-order chi connectivity index (χ0) is 22.5. The van der Waals surface area contributed by atoms with Crippen LogP contribution in [0.5, 0.6) is 0 Å². The molecule has 1 aromatic carbocycles. The topological polar surface area (TPSA) is 70.9 Å². The number of thiazole rings is 1. The van der Waals surface area contributed by atoms with Gasteiger partial charge in [-0.15, -0.1) is 22.7 Å². The van der Waals surface area contributed by atoms with Crippen molar-refractivity contribution >= 4 is 50.6 Å². The van der Waals surface area contributed by atoms with Crippen LogP contribution in [0.25, 0.3) is 10.3 Å². The van der Waals surface area contributed by atoms with Gasteiger partial charge in [0.05, 0.1) is 12.6 Å². The van der Waals surface area contributed by atoms with E-state index in [2.05, 4.69) is 55.7 Å². The molecular weight excluding hydrogens is 456 g/mol. The van der Waals surface area contributed by atoms with Gasteiger partial charge in [0.1, 0.15) is 9.71 Å². The predicted molar refractivity (Wildman–Crippen MR) is 137 cm³/mol.